The van der Waals surface area contributed by atoms with Gasteiger partial charge in [0.1, 0.15) is 5.75 Å². The zero-order valence-corrected chi connectivity index (χ0v) is 18.5. The van der Waals surface area contributed by atoms with E-state index < -0.39 is 18.5 Å². The van der Waals surface area contributed by atoms with Gasteiger partial charge in [-0.1, -0.05) is 29.8 Å². The summed E-state index contributed by atoms with van der Waals surface area (Å²) in [5.74, 6) is -1.12. The molecule has 0 unspecified atom stereocenters. The minimum absolute atomic E-state index is 0. The topological polar surface area (TPSA) is 94.6 Å². The first-order valence-electron chi connectivity index (χ1n) is 8.35. The average molecular weight is 411 g/mol. The van der Waals surface area contributed by atoms with Gasteiger partial charge >= 0.3 is 35.5 Å². The molecule has 1 aromatic heterocycles. The van der Waals surface area contributed by atoms with Gasteiger partial charge < -0.3 is 21.6 Å². The minimum atomic E-state index is -1.07. The molecule has 0 radical (unpaired) electrons. The van der Waals surface area contributed by atoms with Crippen molar-refractivity contribution in [2.24, 2.45) is 5.73 Å². The van der Waals surface area contributed by atoms with Crippen LogP contribution in [0, 0.1) is 6.92 Å². The van der Waals surface area contributed by atoms with E-state index >= 15 is 0 Å². The van der Waals surface area contributed by atoms with E-state index in [9.17, 15) is 9.59 Å². The van der Waals surface area contributed by atoms with Crippen molar-refractivity contribution in [3.63, 3.8) is 0 Å². The molecule has 0 bridgehead atoms. The monoisotopic (exact) mass is 410 g/mol. The van der Waals surface area contributed by atoms with Gasteiger partial charge in [-0.3, -0.25) is 4.79 Å². The smallest absolute Gasteiger partial charge is 1.00 e. The molecule has 28 heavy (non-hydrogen) atoms. The van der Waals surface area contributed by atoms with Crippen LogP contribution in [0.4, 0.5) is 0 Å². The number of ether oxygens (including phenoxy) is 1. The molecule has 3 aromatic rings. The molecule has 3 rings (SSSR count). The van der Waals surface area contributed by atoms with E-state index in [1.54, 1.807) is 12.1 Å². The second-order valence-corrected chi connectivity index (χ2v) is 6.69. The predicted octanol–water partition coefficient (Wildman–Crippen LogP) is 0.259. The van der Waals surface area contributed by atoms with Crippen molar-refractivity contribution >= 4 is 34.4 Å². The number of carboxylic acids is 1. The van der Waals surface area contributed by atoms with Crippen molar-refractivity contribution in [1.29, 1.82) is 0 Å². The molecule has 3 N–H and O–H groups in total. The van der Waals surface area contributed by atoms with E-state index in [0.29, 0.717) is 22.7 Å². The van der Waals surface area contributed by atoms with Crippen LogP contribution in [0.25, 0.3) is 10.9 Å². The molecule has 0 fully saturated rings. The molecule has 1 heterocycles. The minimum Gasteiger partial charge on any atom is -1.00 e. The number of rotatable bonds is 7. The average Bonchev–Trinajstić information content (AvgIpc) is 2.86. The van der Waals surface area contributed by atoms with Gasteiger partial charge in [0.05, 0.1) is 11.9 Å². The fraction of sp³-hybridized carbons (Fsp3) is 0.200. The van der Waals surface area contributed by atoms with E-state index in [0.717, 1.165) is 22.3 Å². The second-order valence-electron chi connectivity index (χ2n) is 6.26. The van der Waals surface area contributed by atoms with Gasteiger partial charge in [0.2, 0.25) is 5.91 Å². The van der Waals surface area contributed by atoms with E-state index in [-0.39, 0.29) is 37.4 Å². The number of carbonyl (C=O) groups excluding carboxylic acids is 1. The molecular formula is C20H20ClN2NaO4. The van der Waals surface area contributed by atoms with Crippen molar-refractivity contribution in [3.8, 4) is 5.75 Å². The van der Waals surface area contributed by atoms with Crippen LogP contribution >= 0.6 is 11.6 Å². The summed E-state index contributed by atoms with van der Waals surface area (Å²) in [6, 6.07) is 12.9. The molecule has 0 spiro atoms. The number of nitrogens with zero attached hydrogens (tertiary/aromatic N) is 1. The summed E-state index contributed by atoms with van der Waals surface area (Å²) in [4.78, 5) is 22.5. The largest absolute Gasteiger partial charge is 1.00 e. The number of nitrogens with two attached hydrogens (primary N) is 1. The first-order chi connectivity index (χ1) is 12.9. The molecule has 8 heteroatoms. The number of aliphatic carboxylic acids is 1. The third-order valence-corrected chi connectivity index (χ3v) is 4.61. The van der Waals surface area contributed by atoms with Gasteiger partial charge in [0.15, 0.2) is 6.61 Å². The quantitative estimate of drug-likeness (QED) is 0.546. The Kier molecular flexibility index (Phi) is 7.55. The number of primary amides is 1. The Balaban J connectivity index is 0.00000210. The Morgan fingerprint density at radius 3 is 2.61 bits per heavy atom. The fourth-order valence-corrected chi connectivity index (χ4v) is 3.46. The summed E-state index contributed by atoms with van der Waals surface area (Å²) in [5, 5.41) is 10.3. The molecule has 0 saturated carbocycles. The zero-order valence-electron chi connectivity index (χ0n) is 16.7. The van der Waals surface area contributed by atoms with E-state index in [4.69, 9.17) is 27.2 Å². The van der Waals surface area contributed by atoms with Gasteiger partial charge in [0, 0.05) is 22.6 Å². The maximum absolute atomic E-state index is 11.6. The summed E-state index contributed by atoms with van der Waals surface area (Å²) in [6.45, 7) is 1.99. The van der Waals surface area contributed by atoms with Crippen LogP contribution in [0.2, 0.25) is 5.02 Å². The normalized spacial score (nSPS) is 10.5. The van der Waals surface area contributed by atoms with Crippen molar-refractivity contribution in [1.82, 2.24) is 4.57 Å². The summed E-state index contributed by atoms with van der Waals surface area (Å²) in [6.07, 6.45) is 0.0400. The fourth-order valence-electron chi connectivity index (χ4n) is 3.24. The number of aromatic nitrogens is 1. The van der Waals surface area contributed by atoms with Gasteiger partial charge in [-0.15, -0.1) is 0 Å². The molecule has 0 saturated heterocycles. The van der Waals surface area contributed by atoms with Crippen LogP contribution < -0.4 is 40.0 Å². The number of benzene rings is 2. The molecule has 142 valence electrons. The van der Waals surface area contributed by atoms with Crippen molar-refractivity contribution in [2.45, 2.75) is 19.9 Å². The summed E-state index contributed by atoms with van der Waals surface area (Å²) >= 11 is 6.09. The van der Waals surface area contributed by atoms with E-state index in [1.165, 1.54) is 0 Å². The third kappa shape index (κ3) is 4.89. The standard InChI is InChI=1S/C20H19ClN2O4.Na.H/c1-12-15(9-18(22)24)20-16(6-3-7-17(20)27-11-19(25)26)23(12)10-13-4-2-5-14(21)8-13;;/h2-8H,9-11H2,1H3,(H2,22,24)(H,25,26);;/q;+1;-1. The number of fused-ring (bicyclic) bond motifs is 1. The van der Waals surface area contributed by atoms with Crippen LogP contribution in [0.15, 0.2) is 42.5 Å². The Labute approximate surface area is 191 Å². The van der Waals surface area contributed by atoms with Gasteiger partial charge in [0.25, 0.3) is 0 Å². The summed E-state index contributed by atoms with van der Waals surface area (Å²) in [5.41, 5.74) is 8.89. The molecule has 0 aliphatic heterocycles. The Bertz CT molecular complexity index is 1040. The van der Waals surface area contributed by atoms with Crippen LogP contribution in [-0.2, 0) is 22.6 Å². The molecule has 1 amide bonds. The molecule has 0 aliphatic carbocycles. The predicted molar refractivity (Wildman–Crippen MR) is 104 cm³/mol. The maximum atomic E-state index is 11.6. The Morgan fingerprint density at radius 2 is 1.96 bits per heavy atom. The van der Waals surface area contributed by atoms with E-state index in [2.05, 4.69) is 0 Å². The Hall–Kier alpha value is -1.99. The number of hydrogen-bond donors (Lipinski definition) is 2. The van der Waals surface area contributed by atoms with Crippen molar-refractivity contribution < 1.29 is 50.4 Å². The van der Waals surface area contributed by atoms with Crippen LogP contribution in [0.1, 0.15) is 18.2 Å². The summed E-state index contributed by atoms with van der Waals surface area (Å²) in [7, 11) is 0. The number of carbonyl (C=O) groups is 2. The molecule has 0 aliphatic rings. The first-order valence-corrected chi connectivity index (χ1v) is 8.72. The second kappa shape index (κ2) is 9.47. The van der Waals surface area contributed by atoms with Crippen LogP contribution in [0.5, 0.6) is 5.75 Å². The molecule has 2 aromatic carbocycles. The molecule has 0 atom stereocenters. The van der Waals surface area contributed by atoms with Gasteiger partial charge in [-0.05, 0) is 42.3 Å². The first kappa shape index (κ1) is 22.3. The van der Waals surface area contributed by atoms with Gasteiger partial charge in [-0.2, -0.15) is 0 Å². The number of hydrogen-bond acceptors (Lipinski definition) is 3. The number of amides is 1. The zero-order chi connectivity index (χ0) is 19.6. The third-order valence-electron chi connectivity index (χ3n) is 4.37. The van der Waals surface area contributed by atoms with Crippen LogP contribution in [-0.4, -0.2) is 28.2 Å². The summed E-state index contributed by atoms with van der Waals surface area (Å²) < 4.78 is 7.50. The molecular weight excluding hydrogens is 391 g/mol. The number of carboxylic acid groups (broad SMARTS) is 1. The van der Waals surface area contributed by atoms with E-state index in [1.807, 2.05) is 41.8 Å². The maximum Gasteiger partial charge on any atom is 1.00 e. The number of halogens is 1. The van der Waals surface area contributed by atoms with Crippen molar-refractivity contribution in [2.75, 3.05) is 6.61 Å². The Morgan fingerprint density at radius 1 is 1.25 bits per heavy atom. The molecule has 6 nitrogen and oxygen atoms in total. The van der Waals surface area contributed by atoms with Gasteiger partial charge in [-0.25, -0.2) is 4.79 Å². The van der Waals surface area contributed by atoms with Crippen molar-refractivity contribution in [3.05, 3.63) is 64.3 Å². The SMILES string of the molecule is Cc1c(CC(N)=O)c2c(OCC(=O)O)cccc2n1Cc1cccc(Cl)c1.[H-].[Na+]. The van der Waals surface area contributed by atoms with Crippen LogP contribution in [0.3, 0.4) is 0 Å².